The van der Waals surface area contributed by atoms with Crippen LogP contribution in [0.3, 0.4) is 0 Å². The van der Waals surface area contributed by atoms with Crippen molar-refractivity contribution in [1.82, 2.24) is 0 Å². The highest BCUT2D eigenvalue weighted by Crippen LogP contribution is 2.26. The van der Waals surface area contributed by atoms with Gasteiger partial charge in [0.25, 0.3) is 0 Å². The fourth-order valence-electron chi connectivity index (χ4n) is 1.98. The van der Waals surface area contributed by atoms with Gasteiger partial charge in [0, 0.05) is 21.1 Å². The molecule has 0 heterocycles. The van der Waals surface area contributed by atoms with Crippen LogP contribution in [0.5, 0.6) is 0 Å². The van der Waals surface area contributed by atoms with Gasteiger partial charge in [0.05, 0.1) is 11.9 Å². The second kappa shape index (κ2) is 6.95. The van der Waals surface area contributed by atoms with Gasteiger partial charge in [-0.25, -0.2) is 0 Å². The van der Waals surface area contributed by atoms with E-state index < -0.39 is 11.5 Å². The molecule has 6 heteroatoms. The van der Waals surface area contributed by atoms with Gasteiger partial charge in [-0.05, 0) is 30.7 Å². The van der Waals surface area contributed by atoms with Crippen LogP contribution in [0.4, 0.5) is 5.69 Å². The van der Waals surface area contributed by atoms with Crippen LogP contribution < -0.4 is 0 Å². The van der Waals surface area contributed by atoms with Crippen LogP contribution in [-0.2, 0) is 0 Å². The molecule has 0 saturated heterocycles. The number of carbonyl (C=O) groups excluding carboxylic acids is 1. The summed E-state index contributed by atoms with van der Waals surface area (Å²) in [4.78, 5) is 26.5. The van der Waals surface area contributed by atoms with Gasteiger partial charge < -0.3 is 0 Å². The van der Waals surface area contributed by atoms with E-state index in [0.717, 1.165) is 11.8 Å². The van der Waals surface area contributed by atoms with Crippen LogP contribution in [0.15, 0.2) is 47.5 Å². The number of ketones is 1. The normalized spacial score (nSPS) is 10.8. The monoisotopic (exact) mass is 316 g/mol. The van der Waals surface area contributed by atoms with Gasteiger partial charge in [-0.3, -0.25) is 19.9 Å². The molecular weight excluding hydrogens is 304 g/mol. The number of benzene rings is 2. The fourth-order valence-corrected chi connectivity index (χ4v) is 2.15. The molecule has 22 heavy (non-hydrogen) atoms. The predicted molar refractivity (Wildman–Crippen MR) is 86.1 cm³/mol. The molecule has 0 saturated carbocycles. The summed E-state index contributed by atoms with van der Waals surface area (Å²) in [5.74, 6) is -0.214. The van der Waals surface area contributed by atoms with Gasteiger partial charge in [0.2, 0.25) is 6.54 Å². The van der Waals surface area contributed by atoms with Crippen LogP contribution >= 0.6 is 11.6 Å². The quantitative estimate of drug-likeness (QED) is 0.364. The number of hydrogen-bond donors (Lipinski definition) is 0. The summed E-state index contributed by atoms with van der Waals surface area (Å²) in [5.41, 5.74) is 2.07. The van der Waals surface area contributed by atoms with Gasteiger partial charge in [-0.1, -0.05) is 35.9 Å². The van der Waals surface area contributed by atoms with E-state index >= 15 is 0 Å². The predicted octanol–water partition coefficient (Wildman–Crippen LogP) is 3.86. The number of nitrogens with zero attached hydrogens (tertiary/aromatic N) is 2. The topological polar surface area (TPSA) is 72.6 Å². The molecule has 0 aliphatic rings. The lowest BCUT2D eigenvalue weighted by Crippen LogP contribution is -2.05. The highest BCUT2D eigenvalue weighted by Gasteiger charge is 2.15. The molecule has 0 spiro atoms. The van der Waals surface area contributed by atoms with Crippen molar-refractivity contribution in [2.75, 3.05) is 6.54 Å². The molecule has 0 radical (unpaired) electrons. The van der Waals surface area contributed by atoms with E-state index in [9.17, 15) is 14.9 Å². The van der Waals surface area contributed by atoms with Crippen molar-refractivity contribution in [3.05, 3.63) is 74.3 Å². The Morgan fingerprint density at radius 3 is 2.68 bits per heavy atom. The highest BCUT2D eigenvalue weighted by molar-refractivity contribution is 6.31. The van der Waals surface area contributed by atoms with E-state index in [-0.39, 0.29) is 5.78 Å². The molecule has 0 fully saturated rings. The third kappa shape index (κ3) is 3.77. The summed E-state index contributed by atoms with van der Waals surface area (Å²) in [6.07, 6.45) is 1.16. The van der Waals surface area contributed by atoms with Crippen molar-refractivity contribution in [2.45, 2.75) is 6.92 Å². The number of rotatable bonds is 5. The molecule has 5 nitrogen and oxygen atoms in total. The van der Waals surface area contributed by atoms with Crippen molar-refractivity contribution in [3.63, 3.8) is 0 Å². The largest absolute Gasteiger partial charge is 0.289 e. The molecule has 0 bridgehead atoms. The minimum atomic E-state index is -0.498. The van der Waals surface area contributed by atoms with E-state index in [2.05, 4.69) is 4.99 Å². The number of aliphatic imine (C=N–C) groups is 1. The molecule has 0 unspecified atom stereocenters. The zero-order valence-corrected chi connectivity index (χ0v) is 12.6. The van der Waals surface area contributed by atoms with Gasteiger partial charge in [-0.15, -0.1) is 0 Å². The summed E-state index contributed by atoms with van der Waals surface area (Å²) in [7, 11) is 0. The van der Waals surface area contributed by atoms with Gasteiger partial charge in [0.15, 0.2) is 5.78 Å². The van der Waals surface area contributed by atoms with Crippen molar-refractivity contribution >= 4 is 29.3 Å². The van der Waals surface area contributed by atoms with Crippen molar-refractivity contribution in [1.29, 1.82) is 0 Å². The Morgan fingerprint density at radius 2 is 2.00 bits per heavy atom. The maximum atomic E-state index is 12.7. The molecule has 2 aromatic rings. The second-order valence-electron chi connectivity index (χ2n) is 4.63. The van der Waals surface area contributed by atoms with Crippen molar-refractivity contribution in [2.24, 2.45) is 4.99 Å². The zero-order valence-electron chi connectivity index (χ0n) is 11.8. The Bertz CT molecular complexity index is 757. The molecule has 0 aliphatic carbocycles. The van der Waals surface area contributed by atoms with Crippen molar-refractivity contribution < 1.29 is 9.72 Å². The second-order valence-corrected chi connectivity index (χ2v) is 5.07. The lowest BCUT2D eigenvalue weighted by Gasteiger charge is -2.08. The molecule has 0 aromatic heterocycles. The number of nitro groups is 1. The maximum absolute atomic E-state index is 12.7. The molecule has 2 aromatic carbocycles. The first-order valence-electron chi connectivity index (χ1n) is 6.53. The standard InChI is InChI=1S/C16H13ClN2O3/c1-11-4-2-3-5-13(11)16(20)14-10-12(17)6-7-15(14)18-8-9-19(21)22/h2-8,10H,9H2,1H3. The number of aryl methyl sites for hydroxylation is 1. The number of carbonyl (C=O) groups is 1. The number of hydrogen-bond acceptors (Lipinski definition) is 4. The molecule has 0 aliphatic heterocycles. The summed E-state index contributed by atoms with van der Waals surface area (Å²) in [6, 6.07) is 11.9. The Balaban J connectivity index is 2.43. The average molecular weight is 317 g/mol. The highest BCUT2D eigenvalue weighted by atomic mass is 35.5. The zero-order chi connectivity index (χ0) is 16.1. The first-order valence-corrected chi connectivity index (χ1v) is 6.91. The average Bonchev–Trinajstić information content (AvgIpc) is 2.48. The van der Waals surface area contributed by atoms with Crippen LogP contribution in [-0.4, -0.2) is 23.5 Å². The van der Waals surface area contributed by atoms with Gasteiger partial charge >= 0.3 is 0 Å². The van der Waals surface area contributed by atoms with Crippen LogP contribution in [0.1, 0.15) is 21.5 Å². The van der Waals surface area contributed by atoms with Crippen LogP contribution in [0.2, 0.25) is 5.02 Å². The number of halogens is 1. The maximum Gasteiger partial charge on any atom is 0.238 e. The van der Waals surface area contributed by atoms with Crippen molar-refractivity contribution in [3.8, 4) is 0 Å². The summed E-state index contributed by atoms with van der Waals surface area (Å²) in [6.45, 7) is 1.44. The SMILES string of the molecule is Cc1ccccc1C(=O)c1cc(Cl)ccc1N=CC[N+](=O)[O-]. The molecule has 112 valence electrons. The summed E-state index contributed by atoms with van der Waals surface area (Å²) in [5, 5.41) is 10.8. The van der Waals surface area contributed by atoms with Crippen LogP contribution in [0.25, 0.3) is 0 Å². The van der Waals surface area contributed by atoms with E-state index in [1.54, 1.807) is 24.3 Å². The van der Waals surface area contributed by atoms with Gasteiger partial charge in [0.1, 0.15) is 0 Å². The summed E-state index contributed by atoms with van der Waals surface area (Å²) < 4.78 is 0. The van der Waals surface area contributed by atoms with E-state index in [4.69, 9.17) is 11.6 Å². The van der Waals surface area contributed by atoms with E-state index in [1.165, 1.54) is 6.07 Å². The Kier molecular flexibility index (Phi) is 5.01. The molecule has 0 N–H and O–H groups in total. The molecule has 2 rings (SSSR count). The van der Waals surface area contributed by atoms with E-state index in [0.29, 0.717) is 21.8 Å². The molecular formula is C16H13ClN2O3. The lowest BCUT2D eigenvalue weighted by atomic mass is 9.98. The first kappa shape index (κ1) is 15.9. The van der Waals surface area contributed by atoms with E-state index in [1.807, 2.05) is 19.1 Å². The Hall–Kier alpha value is -2.53. The third-order valence-electron chi connectivity index (χ3n) is 3.05. The molecule has 0 amide bonds. The molecule has 0 atom stereocenters. The Morgan fingerprint density at radius 1 is 1.27 bits per heavy atom. The smallest absolute Gasteiger partial charge is 0.238 e. The lowest BCUT2D eigenvalue weighted by molar-refractivity contribution is -0.462. The fraction of sp³-hybridized carbons (Fsp3) is 0.125. The van der Waals surface area contributed by atoms with Crippen LogP contribution in [0, 0.1) is 17.0 Å². The summed E-state index contributed by atoms with van der Waals surface area (Å²) >= 11 is 5.96. The first-order chi connectivity index (χ1) is 10.5. The van der Waals surface area contributed by atoms with Gasteiger partial charge in [-0.2, -0.15) is 0 Å². The minimum absolute atomic E-state index is 0.214. The minimum Gasteiger partial charge on any atom is -0.289 e. The Labute approximate surface area is 132 Å². The third-order valence-corrected chi connectivity index (χ3v) is 3.29.